The first-order valence-electron chi connectivity index (χ1n) is 6.09. The standard InChI is InChI=1S/C11H20ClN5O2/c1-4-13-10-14-9(12)15-11(16-10)17(5-7-18-2)6-8-19-3/h4-8H2,1-3H3,(H,13,14,15,16). The van der Waals surface area contributed by atoms with Crippen molar-refractivity contribution in [1.29, 1.82) is 0 Å². The van der Waals surface area contributed by atoms with Gasteiger partial charge in [-0.1, -0.05) is 0 Å². The first-order chi connectivity index (χ1) is 9.21. The second-order valence-corrected chi connectivity index (χ2v) is 4.07. The molecule has 1 rings (SSSR count). The zero-order valence-electron chi connectivity index (χ0n) is 11.5. The fourth-order valence-corrected chi connectivity index (χ4v) is 1.59. The Balaban J connectivity index is 2.85. The molecule has 0 unspecified atom stereocenters. The van der Waals surface area contributed by atoms with Crippen LogP contribution in [-0.4, -0.2) is 62.0 Å². The van der Waals surface area contributed by atoms with E-state index in [0.29, 0.717) is 38.2 Å². The normalized spacial score (nSPS) is 10.5. The van der Waals surface area contributed by atoms with E-state index in [0.717, 1.165) is 6.54 Å². The van der Waals surface area contributed by atoms with Crippen LogP contribution in [0.2, 0.25) is 5.28 Å². The van der Waals surface area contributed by atoms with Crippen LogP contribution >= 0.6 is 11.6 Å². The molecule has 0 saturated heterocycles. The lowest BCUT2D eigenvalue weighted by atomic mass is 10.5. The molecular weight excluding hydrogens is 270 g/mol. The first kappa shape index (κ1) is 15.9. The van der Waals surface area contributed by atoms with Gasteiger partial charge in [-0.25, -0.2) is 0 Å². The van der Waals surface area contributed by atoms with E-state index < -0.39 is 0 Å². The lowest BCUT2D eigenvalue weighted by molar-refractivity contribution is 0.189. The number of aromatic nitrogens is 3. The topological polar surface area (TPSA) is 72.4 Å². The third-order valence-corrected chi connectivity index (χ3v) is 2.51. The maximum Gasteiger partial charge on any atom is 0.231 e. The van der Waals surface area contributed by atoms with Gasteiger partial charge < -0.3 is 19.7 Å². The van der Waals surface area contributed by atoms with Crippen molar-refractivity contribution in [3.05, 3.63) is 5.28 Å². The quantitative estimate of drug-likeness (QED) is 0.728. The second kappa shape index (κ2) is 8.84. The summed E-state index contributed by atoms with van der Waals surface area (Å²) < 4.78 is 10.2. The lowest BCUT2D eigenvalue weighted by Gasteiger charge is -2.22. The van der Waals surface area contributed by atoms with Crippen LogP contribution in [-0.2, 0) is 9.47 Å². The Labute approximate surface area is 118 Å². The van der Waals surface area contributed by atoms with Crippen molar-refractivity contribution in [3.8, 4) is 0 Å². The van der Waals surface area contributed by atoms with Crippen LogP contribution in [0.4, 0.5) is 11.9 Å². The molecule has 0 fully saturated rings. The molecule has 0 aliphatic heterocycles. The molecule has 19 heavy (non-hydrogen) atoms. The van der Waals surface area contributed by atoms with E-state index in [9.17, 15) is 0 Å². The zero-order valence-corrected chi connectivity index (χ0v) is 12.3. The maximum atomic E-state index is 5.91. The van der Waals surface area contributed by atoms with Gasteiger partial charge in [0.1, 0.15) is 0 Å². The molecule has 0 amide bonds. The number of ether oxygens (including phenoxy) is 2. The molecule has 0 aliphatic rings. The van der Waals surface area contributed by atoms with Crippen LogP contribution in [0.3, 0.4) is 0 Å². The summed E-state index contributed by atoms with van der Waals surface area (Å²) in [6, 6.07) is 0. The molecule has 0 atom stereocenters. The molecule has 0 saturated carbocycles. The predicted octanol–water partition coefficient (Wildman–Crippen LogP) is 1.06. The van der Waals surface area contributed by atoms with Gasteiger partial charge in [0.25, 0.3) is 0 Å². The monoisotopic (exact) mass is 289 g/mol. The highest BCUT2D eigenvalue weighted by Crippen LogP contribution is 2.13. The largest absolute Gasteiger partial charge is 0.383 e. The Morgan fingerprint density at radius 2 is 1.74 bits per heavy atom. The van der Waals surface area contributed by atoms with Crippen LogP contribution in [0.5, 0.6) is 0 Å². The van der Waals surface area contributed by atoms with Gasteiger partial charge in [-0.3, -0.25) is 0 Å². The summed E-state index contributed by atoms with van der Waals surface area (Å²) in [5.74, 6) is 0.988. The second-order valence-electron chi connectivity index (χ2n) is 3.73. The number of nitrogens with zero attached hydrogens (tertiary/aromatic N) is 4. The van der Waals surface area contributed by atoms with Crippen molar-refractivity contribution in [2.45, 2.75) is 6.92 Å². The van der Waals surface area contributed by atoms with Gasteiger partial charge in [-0.2, -0.15) is 15.0 Å². The van der Waals surface area contributed by atoms with Crippen molar-refractivity contribution >= 4 is 23.5 Å². The summed E-state index contributed by atoms with van der Waals surface area (Å²) in [5, 5.41) is 3.19. The van der Waals surface area contributed by atoms with Crippen LogP contribution in [0, 0.1) is 0 Å². The van der Waals surface area contributed by atoms with Gasteiger partial charge >= 0.3 is 0 Å². The Bertz CT molecular complexity index is 372. The number of methoxy groups -OCH3 is 2. The maximum absolute atomic E-state index is 5.91. The third-order valence-electron chi connectivity index (χ3n) is 2.34. The minimum absolute atomic E-state index is 0.167. The molecule has 1 aromatic rings. The van der Waals surface area contributed by atoms with E-state index in [2.05, 4.69) is 20.3 Å². The Morgan fingerprint density at radius 1 is 1.11 bits per heavy atom. The molecule has 0 radical (unpaired) electrons. The number of hydrogen-bond acceptors (Lipinski definition) is 7. The fourth-order valence-electron chi connectivity index (χ4n) is 1.43. The van der Waals surface area contributed by atoms with Crippen LogP contribution in [0.1, 0.15) is 6.92 Å². The number of halogens is 1. The molecule has 0 spiro atoms. The van der Waals surface area contributed by atoms with E-state index in [1.807, 2.05) is 11.8 Å². The minimum Gasteiger partial charge on any atom is -0.383 e. The summed E-state index contributed by atoms with van der Waals surface area (Å²) in [5.41, 5.74) is 0. The van der Waals surface area contributed by atoms with E-state index in [1.165, 1.54) is 0 Å². The van der Waals surface area contributed by atoms with E-state index in [1.54, 1.807) is 14.2 Å². The molecule has 0 aliphatic carbocycles. The van der Waals surface area contributed by atoms with Gasteiger partial charge in [-0.15, -0.1) is 0 Å². The SMILES string of the molecule is CCNc1nc(Cl)nc(N(CCOC)CCOC)n1. The Hall–Kier alpha value is -1.18. The summed E-state index contributed by atoms with van der Waals surface area (Å²) in [4.78, 5) is 14.4. The smallest absolute Gasteiger partial charge is 0.231 e. The highest BCUT2D eigenvalue weighted by atomic mass is 35.5. The van der Waals surface area contributed by atoms with Crippen molar-refractivity contribution in [3.63, 3.8) is 0 Å². The van der Waals surface area contributed by atoms with Crippen LogP contribution < -0.4 is 10.2 Å². The summed E-state index contributed by atoms with van der Waals surface area (Å²) >= 11 is 5.91. The molecule has 1 N–H and O–H groups in total. The Kier molecular flexibility index (Phi) is 7.39. The molecule has 108 valence electrons. The highest BCUT2D eigenvalue weighted by Gasteiger charge is 2.12. The highest BCUT2D eigenvalue weighted by molar-refractivity contribution is 6.28. The van der Waals surface area contributed by atoms with E-state index in [-0.39, 0.29) is 5.28 Å². The summed E-state index contributed by atoms with van der Waals surface area (Å²) in [7, 11) is 3.30. The predicted molar refractivity (Wildman–Crippen MR) is 75.0 cm³/mol. The van der Waals surface area contributed by atoms with Crippen molar-refractivity contribution in [2.24, 2.45) is 0 Å². The van der Waals surface area contributed by atoms with Gasteiger partial charge in [-0.05, 0) is 18.5 Å². The number of rotatable bonds is 9. The van der Waals surface area contributed by atoms with E-state index >= 15 is 0 Å². The van der Waals surface area contributed by atoms with Gasteiger partial charge in [0.05, 0.1) is 13.2 Å². The van der Waals surface area contributed by atoms with Crippen LogP contribution in [0.15, 0.2) is 0 Å². The van der Waals surface area contributed by atoms with Crippen molar-refractivity contribution in [1.82, 2.24) is 15.0 Å². The van der Waals surface area contributed by atoms with Crippen molar-refractivity contribution in [2.75, 3.05) is 57.3 Å². The molecular formula is C11H20ClN5O2. The average Bonchev–Trinajstić information content (AvgIpc) is 2.38. The van der Waals surface area contributed by atoms with Crippen LogP contribution in [0.25, 0.3) is 0 Å². The summed E-state index contributed by atoms with van der Waals surface area (Å²) in [6.45, 7) is 5.14. The minimum atomic E-state index is 0.167. The molecule has 0 bridgehead atoms. The fraction of sp³-hybridized carbons (Fsp3) is 0.727. The van der Waals surface area contributed by atoms with Crippen molar-refractivity contribution < 1.29 is 9.47 Å². The Morgan fingerprint density at radius 3 is 2.26 bits per heavy atom. The van der Waals surface area contributed by atoms with Gasteiger partial charge in [0, 0.05) is 33.9 Å². The molecule has 7 nitrogen and oxygen atoms in total. The number of hydrogen-bond donors (Lipinski definition) is 1. The number of anilines is 2. The third kappa shape index (κ3) is 5.54. The molecule has 8 heteroatoms. The first-order valence-corrected chi connectivity index (χ1v) is 6.47. The van der Waals surface area contributed by atoms with Gasteiger partial charge in [0.2, 0.25) is 17.2 Å². The molecule has 1 aromatic heterocycles. The molecule has 0 aromatic carbocycles. The van der Waals surface area contributed by atoms with Gasteiger partial charge in [0.15, 0.2) is 0 Å². The average molecular weight is 290 g/mol. The zero-order chi connectivity index (χ0) is 14.1. The van der Waals surface area contributed by atoms with E-state index in [4.69, 9.17) is 21.1 Å². The molecule has 1 heterocycles. The summed E-state index contributed by atoms with van der Waals surface area (Å²) in [6.07, 6.45) is 0. The lowest BCUT2D eigenvalue weighted by Crippen LogP contribution is -2.32. The number of nitrogens with one attached hydrogen (secondary N) is 1.